The normalized spacial score (nSPS) is 12.1. The molecule has 0 radical (unpaired) electrons. The van der Waals surface area contributed by atoms with E-state index in [0.29, 0.717) is 51.8 Å². The molecular formula is C19H22Cl3NO3. The van der Waals surface area contributed by atoms with Crippen molar-refractivity contribution in [2.24, 2.45) is 0 Å². The lowest BCUT2D eigenvalue weighted by Crippen LogP contribution is -2.24. The molecule has 0 aliphatic rings. The summed E-state index contributed by atoms with van der Waals surface area (Å²) in [6.45, 7) is 5.30. The third-order valence-corrected chi connectivity index (χ3v) is 4.66. The number of nitrogens with one attached hydrogen (secondary N) is 1. The number of aliphatic hydroxyl groups is 1. The molecule has 2 N–H and O–H groups in total. The van der Waals surface area contributed by atoms with Crippen LogP contribution in [0, 0.1) is 0 Å². The van der Waals surface area contributed by atoms with Gasteiger partial charge in [0.05, 0.1) is 12.7 Å². The van der Waals surface area contributed by atoms with Gasteiger partial charge >= 0.3 is 0 Å². The molecule has 2 aromatic rings. The summed E-state index contributed by atoms with van der Waals surface area (Å²) in [5.74, 6) is 1.11. The van der Waals surface area contributed by atoms with Crippen molar-refractivity contribution in [3.8, 4) is 11.5 Å². The van der Waals surface area contributed by atoms with E-state index in [1.165, 1.54) is 0 Å². The van der Waals surface area contributed by atoms with Crippen molar-refractivity contribution in [2.45, 2.75) is 33.1 Å². The van der Waals surface area contributed by atoms with Crippen molar-refractivity contribution < 1.29 is 14.6 Å². The first-order valence-corrected chi connectivity index (χ1v) is 9.45. The van der Waals surface area contributed by atoms with E-state index in [2.05, 4.69) is 5.32 Å². The zero-order valence-corrected chi connectivity index (χ0v) is 17.0. The van der Waals surface area contributed by atoms with Crippen LogP contribution in [0.4, 0.5) is 0 Å². The van der Waals surface area contributed by atoms with Crippen molar-refractivity contribution in [3.63, 3.8) is 0 Å². The van der Waals surface area contributed by atoms with Crippen molar-refractivity contribution in [1.82, 2.24) is 5.32 Å². The molecule has 1 unspecified atom stereocenters. The molecule has 4 nitrogen and oxygen atoms in total. The highest BCUT2D eigenvalue weighted by Crippen LogP contribution is 2.35. The van der Waals surface area contributed by atoms with E-state index in [4.69, 9.17) is 44.3 Å². The smallest absolute Gasteiger partial charge is 0.163 e. The quantitative estimate of drug-likeness (QED) is 0.595. The van der Waals surface area contributed by atoms with Crippen LogP contribution in [0.5, 0.6) is 11.5 Å². The second kappa shape index (κ2) is 10.2. The molecule has 0 spiro atoms. The molecule has 26 heavy (non-hydrogen) atoms. The molecular weight excluding hydrogens is 397 g/mol. The summed E-state index contributed by atoms with van der Waals surface area (Å²) in [6.07, 6.45) is -0.428. The lowest BCUT2D eigenvalue weighted by molar-refractivity contribution is 0.191. The van der Waals surface area contributed by atoms with Crippen molar-refractivity contribution in [2.75, 3.05) is 13.2 Å². The zero-order valence-electron chi connectivity index (χ0n) is 14.7. The summed E-state index contributed by atoms with van der Waals surface area (Å²) < 4.78 is 11.6. The predicted molar refractivity (Wildman–Crippen MR) is 107 cm³/mol. The highest BCUT2D eigenvalue weighted by Gasteiger charge is 2.13. The second-order valence-corrected chi connectivity index (χ2v) is 7.01. The molecule has 0 aliphatic heterocycles. The number of ether oxygens (including phenoxy) is 2. The van der Waals surface area contributed by atoms with E-state index in [9.17, 15) is 5.11 Å². The standard InChI is InChI=1S/C19H22Cl3NO3/c1-3-25-18-7-13(10-23-9-12(2)24)17(22)8-19(18)26-11-14-15(20)5-4-6-16(14)21/h4-8,12,23-24H,3,9-11H2,1-2H3. The Kier molecular flexibility index (Phi) is 8.32. The van der Waals surface area contributed by atoms with E-state index in [1.54, 1.807) is 31.2 Å². The molecule has 0 bridgehead atoms. The van der Waals surface area contributed by atoms with Gasteiger partial charge in [0.15, 0.2) is 11.5 Å². The second-order valence-electron chi connectivity index (χ2n) is 5.79. The summed E-state index contributed by atoms with van der Waals surface area (Å²) >= 11 is 18.7. The average Bonchev–Trinajstić information content (AvgIpc) is 2.57. The third kappa shape index (κ3) is 5.93. The molecule has 0 saturated heterocycles. The van der Waals surface area contributed by atoms with Gasteiger partial charge < -0.3 is 19.9 Å². The number of hydrogen-bond acceptors (Lipinski definition) is 4. The Hall–Kier alpha value is -1.17. The highest BCUT2D eigenvalue weighted by molar-refractivity contribution is 6.36. The van der Waals surface area contributed by atoms with Crippen molar-refractivity contribution in [3.05, 3.63) is 56.5 Å². The predicted octanol–water partition coefficient (Wildman–Crippen LogP) is 5.09. The van der Waals surface area contributed by atoms with E-state index < -0.39 is 6.10 Å². The molecule has 0 fully saturated rings. The monoisotopic (exact) mass is 417 g/mol. The Morgan fingerprint density at radius 1 is 1.04 bits per heavy atom. The first-order chi connectivity index (χ1) is 12.4. The van der Waals surface area contributed by atoms with Gasteiger partial charge in [-0.15, -0.1) is 0 Å². The maximum atomic E-state index is 9.34. The van der Waals surface area contributed by atoms with Crippen molar-refractivity contribution >= 4 is 34.8 Å². The SMILES string of the molecule is CCOc1cc(CNCC(C)O)c(Cl)cc1OCc1c(Cl)cccc1Cl. The van der Waals surface area contributed by atoms with Gasteiger partial charge in [-0.3, -0.25) is 0 Å². The molecule has 142 valence electrons. The molecule has 7 heteroatoms. The number of aliphatic hydroxyl groups excluding tert-OH is 1. The summed E-state index contributed by atoms with van der Waals surface area (Å²) in [5, 5.41) is 14.1. The summed E-state index contributed by atoms with van der Waals surface area (Å²) in [5.41, 5.74) is 1.57. The van der Waals surface area contributed by atoms with Crippen LogP contribution in [-0.4, -0.2) is 24.4 Å². The Morgan fingerprint density at radius 2 is 1.69 bits per heavy atom. The van der Waals surface area contributed by atoms with E-state index in [0.717, 1.165) is 5.56 Å². The van der Waals surface area contributed by atoms with Crippen LogP contribution in [0.25, 0.3) is 0 Å². The van der Waals surface area contributed by atoms with Crippen LogP contribution in [0.2, 0.25) is 15.1 Å². The van der Waals surface area contributed by atoms with Gasteiger partial charge in [-0.2, -0.15) is 0 Å². The van der Waals surface area contributed by atoms with Gasteiger partial charge in [0, 0.05) is 39.8 Å². The Balaban J connectivity index is 2.17. The Morgan fingerprint density at radius 3 is 2.31 bits per heavy atom. The van der Waals surface area contributed by atoms with Gasteiger partial charge in [0.1, 0.15) is 6.61 Å². The number of rotatable bonds is 9. The van der Waals surface area contributed by atoms with Crippen LogP contribution < -0.4 is 14.8 Å². The minimum atomic E-state index is -0.428. The fraction of sp³-hybridized carbons (Fsp3) is 0.368. The molecule has 0 amide bonds. The first-order valence-electron chi connectivity index (χ1n) is 8.32. The molecule has 0 saturated carbocycles. The maximum absolute atomic E-state index is 9.34. The number of benzene rings is 2. The van der Waals surface area contributed by atoms with E-state index in [1.807, 2.05) is 13.0 Å². The lowest BCUT2D eigenvalue weighted by Gasteiger charge is -2.16. The fourth-order valence-corrected chi connectivity index (χ4v) is 3.06. The molecule has 1 atom stereocenters. The van der Waals surface area contributed by atoms with Gasteiger partial charge in [-0.25, -0.2) is 0 Å². The van der Waals surface area contributed by atoms with E-state index >= 15 is 0 Å². The minimum Gasteiger partial charge on any atom is -0.490 e. The average molecular weight is 419 g/mol. The molecule has 2 aromatic carbocycles. The van der Waals surface area contributed by atoms with Crippen LogP contribution in [0.3, 0.4) is 0 Å². The maximum Gasteiger partial charge on any atom is 0.163 e. The fourth-order valence-electron chi connectivity index (χ4n) is 2.33. The van der Waals surface area contributed by atoms with E-state index in [-0.39, 0.29) is 6.61 Å². The van der Waals surface area contributed by atoms with Crippen LogP contribution in [0.15, 0.2) is 30.3 Å². The topological polar surface area (TPSA) is 50.7 Å². The summed E-state index contributed by atoms with van der Waals surface area (Å²) in [4.78, 5) is 0. The third-order valence-electron chi connectivity index (χ3n) is 3.60. The largest absolute Gasteiger partial charge is 0.490 e. The van der Waals surface area contributed by atoms with Gasteiger partial charge in [-0.1, -0.05) is 40.9 Å². The number of hydrogen-bond donors (Lipinski definition) is 2. The molecule has 0 heterocycles. The first kappa shape index (κ1) is 21.1. The molecule has 0 aromatic heterocycles. The van der Waals surface area contributed by atoms with Gasteiger partial charge in [0.25, 0.3) is 0 Å². The van der Waals surface area contributed by atoms with Crippen LogP contribution in [0.1, 0.15) is 25.0 Å². The van der Waals surface area contributed by atoms with Crippen molar-refractivity contribution in [1.29, 1.82) is 0 Å². The van der Waals surface area contributed by atoms with Gasteiger partial charge in [0.2, 0.25) is 0 Å². The summed E-state index contributed by atoms with van der Waals surface area (Å²) in [6, 6.07) is 8.87. The molecule has 0 aliphatic carbocycles. The number of halogens is 3. The summed E-state index contributed by atoms with van der Waals surface area (Å²) in [7, 11) is 0. The minimum absolute atomic E-state index is 0.203. The lowest BCUT2D eigenvalue weighted by atomic mass is 10.2. The Labute approximate surface area is 169 Å². The Bertz CT molecular complexity index is 718. The molecule has 2 rings (SSSR count). The van der Waals surface area contributed by atoms with Crippen LogP contribution >= 0.6 is 34.8 Å². The van der Waals surface area contributed by atoms with Gasteiger partial charge in [-0.05, 0) is 37.6 Å². The highest BCUT2D eigenvalue weighted by atomic mass is 35.5. The zero-order chi connectivity index (χ0) is 19.1. The van der Waals surface area contributed by atoms with Crippen LogP contribution in [-0.2, 0) is 13.2 Å².